The van der Waals surface area contributed by atoms with Crippen molar-refractivity contribution in [3.63, 3.8) is 0 Å². The standard InChI is InChI=1S/C23H27NO3/c1-3-22(25)19-11-13-24(14-12-19)23(26)16-27-21-9-7-18(8-10-21)20-6-4-5-17(2)15-20/h4-10,15,19H,3,11-14,16H2,1-2H3. The van der Waals surface area contributed by atoms with Crippen molar-refractivity contribution in [2.45, 2.75) is 33.1 Å². The molecule has 2 aromatic carbocycles. The van der Waals surface area contributed by atoms with Gasteiger partial charge in [-0.05, 0) is 43.0 Å². The topological polar surface area (TPSA) is 46.6 Å². The molecule has 0 bridgehead atoms. The molecule has 27 heavy (non-hydrogen) atoms. The molecule has 1 aliphatic rings. The van der Waals surface area contributed by atoms with Crippen LogP contribution in [0.25, 0.3) is 11.1 Å². The minimum absolute atomic E-state index is 0.0137. The van der Waals surface area contributed by atoms with Crippen LogP contribution in [0.2, 0.25) is 0 Å². The fraction of sp³-hybridized carbons (Fsp3) is 0.391. The molecule has 1 saturated heterocycles. The van der Waals surface area contributed by atoms with E-state index in [0.717, 1.165) is 18.4 Å². The van der Waals surface area contributed by atoms with Gasteiger partial charge in [-0.2, -0.15) is 0 Å². The number of ketones is 1. The summed E-state index contributed by atoms with van der Waals surface area (Å²) in [5.74, 6) is 1.11. The van der Waals surface area contributed by atoms with Crippen LogP contribution in [0.3, 0.4) is 0 Å². The van der Waals surface area contributed by atoms with Gasteiger partial charge in [0, 0.05) is 25.4 Å². The average molecular weight is 365 g/mol. The zero-order valence-electron chi connectivity index (χ0n) is 16.1. The number of aryl methyl sites for hydroxylation is 1. The molecule has 2 aromatic rings. The Labute approximate surface area is 161 Å². The predicted octanol–water partition coefficient (Wildman–Crippen LogP) is 4.26. The molecule has 1 fully saturated rings. The van der Waals surface area contributed by atoms with E-state index in [9.17, 15) is 9.59 Å². The molecule has 0 radical (unpaired) electrons. The van der Waals surface area contributed by atoms with Crippen LogP contribution in [-0.2, 0) is 9.59 Å². The lowest BCUT2D eigenvalue weighted by molar-refractivity contribution is -0.136. The molecular weight excluding hydrogens is 338 g/mol. The molecule has 0 N–H and O–H groups in total. The summed E-state index contributed by atoms with van der Waals surface area (Å²) in [7, 11) is 0. The quantitative estimate of drug-likeness (QED) is 0.768. The van der Waals surface area contributed by atoms with E-state index >= 15 is 0 Å². The third kappa shape index (κ3) is 4.97. The molecule has 1 aliphatic heterocycles. The lowest BCUT2D eigenvalue weighted by Gasteiger charge is -2.31. The molecule has 0 aliphatic carbocycles. The zero-order valence-corrected chi connectivity index (χ0v) is 16.1. The van der Waals surface area contributed by atoms with Gasteiger partial charge in [0.25, 0.3) is 5.91 Å². The molecule has 3 rings (SSSR count). The summed E-state index contributed by atoms with van der Waals surface area (Å²) in [5.41, 5.74) is 3.52. The molecule has 4 nitrogen and oxygen atoms in total. The van der Waals surface area contributed by atoms with Crippen LogP contribution >= 0.6 is 0 Å². The number of Topliss-reactive ketones (excluding diaryl/α,β-unsaturated/α-hetero) is 1. The van der Waals surface area contributed by atoms with Crippen LogP contribution in [0.15, 0.2) is 48.5 Å². The van der Waals surface area contributed by atoms with E-state index in [-0.39, 0.29) is 18.4 Å². The maximum Gasteiger partial charge on any atom is 0.260 e. The van der Waals surface area contributed by atoms with Crippen LogP contribution < -0.4 is 4.74 Å². The largest absolute Gasteiger partial charge is 0.484 e. The molecule has 0 unspecified atom stereocenters. The predicted molar refractivity (Wildman–Crippen MR) is 107 cm³/mol. The van der Waals surface area contributed by atoms with Gasteiger partial charge in [-0.25, -0.2) is 0 Å². The van der Waals surface area contributed by atoms with Crippen LogP contribution in [0.1, 0.15) is 31.7 Å². The van der Waals surface area contributed by atoms with Crippen molar-refractivity contribution in [3.05, 3.63) is 54.1 Å². The van der Waals surface area contributed by atoms with Gasteiger partial charge in [-0.1, -0.05) is 48.9 Å². The molecule has 1 amide bonds. The summed E-state index contributed by atoms with van der Waals surface area (Å²) in [5, 5.41) is 0. The number of nitrogens with zero attached hydrogens (tertiary/aromatic N) is 1. The van der Waals surface area contributed by atoms with Crippen LogP contribution in [-0.4, -0.2) is 36.3 Å². The van der Waals surface area contributed by atoms with E-state index in [1.165, 1.54) is 11.1 Å². The van der Waals surface area contributed by atoms with E-state index in [4.69, 9.17) is 4.74 Å². The monoisotopic (exact) mass is 365 g/mol. The van der Waals surface area contributed by atoms with Gasteiger partial charge in [-0.3, -0.25) is 9.59 Å². The molecular formula is C23H27NO3. The first-order valence-electron chi connectivity index (χ1n) is 9.67. The van der Waals surface area contributed by atoms with Gasteiger partial charge in [0.15, 0.2) is 6.61 Å². The normalized spacial score (nSPS) is 14.8. The van der Waals surface area contributed by atoms with E-state index in [1.54, 1.807) is 4.90 Å². The van der Waals surface area contributed by atoms with Gasteiger partial charge < -0.3 is 9.64 Å². The van der Waals surface area contributed by atoms with Crippen molar-refractivity contribution in [3.8, 4) is 16.9 Å². The first kappa shape index (κ1) is 19.2. The summed E-state index contributed by atoms with van der Waals surface area (Å²) in [6.07, 6.45) is 2.12. The second-order valence-corrected chi connectivity index (χ2v) is 7.16. The number of amides is 1. The fourth-order valence-electron chi connectivity index (χ4n) is 3.54. The van der Waals surface area contributed by atoms with E-state index < -0.39 is 0 Å². The highest BCUT2D eigenvalue weighted by molar-refractivity contribution is 5.82. The molecule has 0 atom stereocenters. The second kappa shape index (κ2) is 8.85. The lowest BCUT2D eigenvalue weighted by Crippen LogP contribution is -2.42. The Bertz CT molecular complexity index is 790. The SMILES string of the molecule is CCC(=O)C1CCN(C(=O)COc2ccc(-c3cccc(C)c3)cc2)CC1. The fourth-order valence-corrected chi connectivity index (χ4v) is 3.54. The van der Waals surface area contributed by atoms with Gasteiger partial charge in [0.05, 0.1) is 0 Å². The highest BCUT2D eigenvalue weighted by atomic mass is 16.5. The smallest absolute Gasteiger partial charge is 0.260 e. The van der Waals surface area contributed by atoms with Crippen LogP contribution in [0, 0.1) is 12.8 Å². The van der Waals surface area contributed by atoms with Gasteiger partial charge in [0.2, 0.25) is 0 Å². The Balaban J connectivity index is 1.50. The summed E-state index contributed by atoms with van der Waals surface area (Å²) in [6.45, 7) is 5.30. The average Bonchev–Trinajstić information content (AvgIpc) is 2.72. The molecule has 0 spiro atoms. The molecule has 1 heterocycles. The van der Waals surface area contributed by atoms with Gasteiger partial charge in [-0.15, -0.1) is 0 Å². The summed E-state index contributed by atoms with van der Waals surface area (Å²) >= 11 is 0. The number of hydrogen-bond donors (Lipinski definition) is 0. The van der Waals surface area contributed by atoms with Gasteiger partial charge >= 0.3 is 0 Å². The van der Waals surface area contributed by atoms with Crippen molar-refractivity contribution >= 4 is 11.7 Å². The van der Waals surface area contributed by atoms with Crippen molar-refractivity contribution in [2.75, 3.05) is 19.7 Å². The van der Waals surface area contributed by atoms with Crippen molar-refractivity contribution < 1.29 is 14.3 Å². The maximum atomic E-state index is 12.4. The van der Waals surface area contributed by atoms with Crippen molar-refractivity contribution in [1.29, 1.82) is 0 Å². The number of benzene rings is 2. The Kier molecular flexibility index (Phi) is 6.28. The number of likely N-dealkylation sites (tertiary alicyclic amines) is 1. The minimum atomic E-state index is -0.0137. The Hall–Kier alpha value is -2.62. The maximum absolute atomic E-state index is 12.4. The zero-order chi connectivity index (χ0) is 19.2. The number of carbonyl (C=O) groups is 2. The summed E-state index contributed by atoms with van der Waals surface area (Å²) in [6, 6.07) is 16.2. The van der Waals surface area contributed by atoms with Gasteiger partial charge in [0.1, 0.15) is 11.5 Å². The second-order valence-electron chi connectivity index (χ2n) is 7.16. The summed E-state index contributed by atoms with van der Waals surface area (Å²) < 4.78 is 5.67. The number of rotatable bonds is 6. The highest BCUT2D eigenvalue weighted by Gasteiger charge is 2.26. The molecule has 0 aromatic heterocycles. The third-order valence-corrected chi connectivity index (χ3v) is 5.22. The molecule has 0 saturated carbocycles. The lowest BCUT2D eigenvalue weighted by atomic mass is 9.91. The van der Waals surface area contributed by atoms with Crippen LogP contribution in [0.5, 0.6) is 5.75 Å². The molecule has 4 heteroatoms. The Morgan fingerprint density at radius 2 is 1.74 bits per heavy atom. The number of hydrogen-bond acceptors (Lipinski definition) is 3. The number of ether oxygens (including phenoxy) is 1. The van der Waals surface area contributed by atoms with E-state index in [2.05, 4.69) is 25.1 Å². The first-order valence-corrected chi connectivity index (χ1v) is 9.67. The van der Waals surface area contributed by atoms with Crippen molar-refractivity contribution in [1.82, 2.24) is 4.90 Å². The Morgan fingerprint density at radius 1 is 1.04 bits per heavy atom. The van der Waals surface area contributed by atoms with Crippen molar-refractivity contribution in [2.24, 2.45) is 5.92 Å². The number of piperidine rings is 1. The first-order chi connectivity index (χ1) is 13.1. The Morgan fingerprint density at radius 3 is 2.37 bits per heavy atom. The minimum Gasteiger partial charge on any atom is -0.484 e. The number of carbonyl (C=O) groups excluding carboxylic acids is 2. The van der Waals surface area contributed by atoms with E-state index in [0.29, 0.717) is 31.0 Å². The van der Waals surface area contributed by atoms with E-state index in [1.807, 2.05) is 37.3 Å². The van der Waals surface area contributed by atoms with Crippen LogP contribution in [0.4, 0.5) is 0 Å². The highest BCUT2D eigenvalue weighted by Crippen LogP contribution is 2.23. The molecule has 142 valence electrons. The third-order valence-electron chi connectivity index (χ3n) is 5.22. The summed E-state index contributed by atoms with van der Waals surface area (Å²) in [4.78, 5) is 25.9.